The van der Waals surface area contributed by atoms with Gasteiger partial charge in [-0.1, -0.05) is 25.4 Å². The minimum atomic E-state index is -0.578. The molecule has 0 bridgehead atoms. The van der Waals surface area contributed by atoms with E-state index < -0.39 is 17.6 Å². The minimum Gasteiger partial charge on any atom is -0.369 e. The van der Waals surface area contributed by atoms with Gasteiger partial charge in [0.1, 0.15) is 5.82 Å². The fourth-order valence-corrected chi connectivity index (χ4v) is 1.74. The van der Waals surface area contributed by atoms with E-state index in [9.17, 15) is 9.18 Å². The van der Waals surface area contributed by atoms with Crippen LogP contribution in [0.15, 0.2) is 18.2 Å². The summed E-state index contributed by atoms with van der Waals surface area (Å²) in [6.45, 7) is 4.28. The molecule has 1 aromatic rings. The van der Waals surface area contributed by atoms with Crippen LogP contribution in [0.25, 0.3) is 0 Å². The number of carbonyl (C=O) groups is 1. The lowest BCUT2D eigenvalue weighted by Gasteiger charge is -2.17. The first-order valence-electron chi connectivity index (χ1n) is 5.39. The van der Waals surface area contributed by atoms with E-state index in [2.05, 4.69) is 5.32 Å². The van der Waals surface area contributed by atoms with Gasteiger partial charge < -0.3 is 11.1 Å². The van der Waals surface area contributed by atoms with Crippen LogP contribution >= 0.6 is 11.6 Å². The number of carbonyl (C=O) groups excluding carboxylic acids is 1. The van der Waals surface area contributed by atoms with E-state index in [-0.39, 0.29) is 11.1 Å². The molecule has 1 atom stereocenters. The molecule has 0 saturated heterocycles. The monoisotopic (exact) mass is 258 g/mol. The molecule has 3 N–H and O–H groups in total. The summed E-state index contributed by atoms with van der Waals surface area (Å²) >= 11 is 5.75. The molecule has 3 nitrogen and oxygen atoms in total. The molecule has 1 aromatic carbocycles. The van der Waals surface area contributed by atoms with E-state index in [1.807, 2.05) is 13.8 Å². The van der Waals surface area contributed by atoms with Crippen molar-refractivity contribution in [1.82, 2.24) is 5.32 Å². The highest BCUT2D eigenvalue weighted by molar-refractivity contribution is 6.30. The minimum absolute atomic E-state index is 0.223. The van der Waals surface area contributed by atoms with Gasteiger partial charge in [0.05, 0.1) is 5.92 Å². The third kappa shape index (κ3) is 4.32. The highest BCUT2D eigenvalue weighted by Crippen LogP contribution is 2.21. The Morgan fingerprint density at radius 2 is 2.12 bits per heavy atom. The third-order valence-electron chi connectivity index (χ3n) is 2.36. The topological polar surface area (TPSA) is 55.1 Å². The van der Waals surface area contributed by atoms with Gasteiger partial charge in [0, 0.05) is 17.6 Å². The van der Waals surface area contributed by atoms with Gasteiger partial charge in [0.2, 0.25) is 5.91 Å². The standard InChI is InChI=1S/C12H16ClFN2O/c1-7(2)16-6-11(12(15)17)8-3-9(13)5-10(14)4-8/h3-5,7,11,16H,6H2,1-2H3,(H2,15,17)/t11-/m1/s1. The van der Waals surface area contributed by atoms with Crippen LogP contribution in [0, 0.1) is 5.82 Å². The Morgan fingerprint density at radius 3 is 2.59 bits per heavy atom. The second-order valence-corrected chi connectivity index (χ2v) is 4.66. The van der Waals surface area contributed by atoms with Gasteiger partial charge in [-0.3, -0.25) is 4.79 Å². The average Bonchev–Trinajstić information content (AvgIpc) is 2.14. The summed E-state index contributed by atoms with van der Waals surface area (Å²) in [5, 5.41) is 3.36. The molecular formula is C12H16ClFN2O. The van der Waals surface area contributed by atoms with Crippen molar-refractivity contribution in [3.63, 3.8) is 0 Å². The van der Waals surface area contributed by atoms with Crippen molar-refractivity contribution in [1.29, 1.82) is 0 Å². The normalized spacial score (nSPS) is 12.8. The Labute approximate surface area is 105 Å². The first-order chi connectivity index (χ1) is 7.90. The number of halogens is 2. The number of amides is 1. The molecule has 94 valence electrons. The summed E-state index contributed by atoms with van der Waals surface area (Å²) in [7, 11) is 0. The van der Waals surface area contributed by atoms with Gasteiger partial charge in [0.25, 0.3) is 0 Å². The Morgan fingerprint density at radius 1 is 1.47 bits per heavy atom. The summed E-state index contributed by atoms with van der Waals surface area (Å²) in [5.74, 6) is -1.55. The zero-order chi connectivity index (χ0) is 13.0. The zero-order valence-electron chi connectivity index (χ0n) is 9.84. The van der Waals surface area contributed by atoms with Gasteiger partial charge in [-0.25, -0.2) is 4.39 Å². The molecule has 0 aliphatic carbocycles. The molecule has 0 saturated carbocycles. The van der Waals surface area contributed by atoms with Crippen LogP contribution in [0.2, 0.25) is 5.02 Å². The van der Waals surface area contributed by atoms with Crippen LogP contribution in [0.1, 0.15) is 25.3 Å². The molecule has 5 heteroatoms. The predicted octanol–water partition coefficient (Wildman–Crippen LogP) is 2.05. The van der Waals surface area contributed by atoms with E-state index in [0.29, 0.717) is 12.1 Å². The highest BCUT2D eigenvalue weighted by atomic mass is 35.5. The van der Waals surface area contributed by atoms with Gasteiger partial charge in [-0.05, 0) is 23.8 Å². The summed E-state index contributed by atoms with van der Waals surface area (Å²) in [4.78, 5) is 11.4. The molecule has 1 amide bonds. The Balaban J connectivity index is 2.93. The van der Waals surface area contributed by atoms with E-state index in [0.717, 1.165) is 0 Å². The Hall–Kier alpha value is -1.13. The first kappa shape index (κ1) is 13.9. The van der Waals surface area contributed by atoms with Crippen LogP contribution in [-0.4, -0.2) is 18.5 Å². The maximum Gasteiger partial charge on any atom is 0.226 e. The lowest BCUT2D eigenvalue weighted by Crippen LogP contribution is -2.34. The van der Waals surface area contributed by atoms with Gasteiger partial charge >= 0.3 is 0 Å². The SMILES string of the molecule is CC(C)NC[C@@H](C(N)=O)c1cc(F)cc(Cl)c1. The quantitative estimate of drug-likeness (QED) is 0.849. The number of hydrogen-bond acceptors (Lipinski definition) is 2. The van der Waals surface area contributed by atoms with Crippen LogP contribution in [0.5, 0.6) is 0 Å². The maximum absolute atomic E-state index is 13.2. The Kier molecular flexibility index (Phi) is 4.90. The molecule has 0 fully saturated rings. The number of nitrogens with one attached hydrogen (secondary N) is 1. The van der Waals surface area contributed by atoms with Crippen molar-refractivity contribution < 1.29 is 9.18 Å². The lowest BCUT2D eigenvalue weighted by molar-refractivity contribution is -0.119. The molecule has 17 heavy (non-hydrogen) atoms. The first-order valence-corrected chi connectivity index (χ1v) is 5.76. The fraction of sp³-hybridized carbons (Fsp3) is 0.417. The van der Waals surface area contributed by atoms with Crippen molar-refractivity contribution in [3.8, 4) is 0 Å². The number of hydrogen-bond donors (Lipinski definition) is 2. The number of primary amides is 1. The number of nitrogens with two attached hydrogens (primary N) is 1. The van der Waals surface area contributed by atoms with Crippen molar-refractivity contribution in [2.24, 2.45) is 5.73 Å². The Bertz CT molecular complexity index is 389. The van der Waals surface area contributed by atoms with Crippen molar-refractivity contribution in [2.45, 2.75) is 25.8 Å². The van der Waals surface area contributed by atoms with E-state index in [4.69, 9.17) is 17.3 Å². The molecule has 1 rings (SSSR count). The average molecular weight is 259 g/mol. The summed E-state index contributed by atoms with van der Waals surface area (Å²) in [5.41, 5.74) is 5.81. The summed E-state index contributed by atoms with van der Waals surface area (Å²) in [6.07, 6.45) is 0. The van der Waals surface area contributed by atoms with Crippen molar-refractivity contribution >= 4 is 17.5 Å². The molecular weight excluding hydrogens is 243 g/mol. The van der Waals surface area contributed by atoms with Crippen LogP contribution in [-0.2, 0) is 4.79 Å². The largest absolute Gasteiger partial charge is 0.369 e. The second kappa shape index (κ2) is 5.98. The molecule has 0 heterocycles. The molecule has 0 radical (unpaired) electrons. The third-order valence-corrected chi connectivity index (χ3v) is 2.58. The van der Waals surface area contributed by atoms with Gasteiger partial charge in [-0.15, -0.1) is 0 Å². The maximum atomic E-state index is 13.2. The van der Waals surface area contributed by atoms with Gasteiger partial charge in [0.15, 0.2) is 0 Å². The summed E-state index contributed by atoms with van der Waals surface area (Å²) in [6, 6.07) is 4.26. The van der Waals surface area contributed by atoms with Crippen molar-refractivity contribution in [3.05, 3.63) is 34.6 Å². The number of rotatable bonds is 5. The lowest BCUT2D eigenvalue weighted by atomic mass is 9.98. The molecule has 0 aliphatic heterocycles. The molecule has 0 aromatic heterocycles. The van der Waals surface area contributed by atoms with E-state index >= 15 is 0 Å². The van der Waals surface area contributed by atoms with Crippen LogP contribution in [0.3, 0.4) is 0 Å². The van der Waals surface area contributed by atoms with E-state index in [1.54, 1.807) is 6.07 Å². The van der Waals surface area contributed by atoms with Crippen LogP contribution < -0.4 is 11.1 Å². The molecule has 0 unspecified atom stereocenters. The predicted molar refractivity (Wildman–Crippen MR) is 66.5 cm³/mol. The number of benzene rings is 1. The summed E-state index contributed by atoms with van der Waals surface area (Å²) < 4.78 is 13.2. The fourth-order valence-electron chi connectivity index (χ4n) is 1.51. The highest BCUT2D eigenvalue weighted by Gasteiger charge is 2.19. The smallest absolute Gasteiger partial charge is 0.226 e. The van der Waals surface area contributed by atoms with E-state index in [1.165, 1.54) is 12.1 Å². The van der Waals surface area contributed by atoms with Crippen molar-refractivity contribution in [2.75, 3.05) is 6.54 Å². The molecule has 0 spiro atoms. The van der Waals surface area contributed by atoms with Gasteiger partial charge in [-0.2, -0.15) is 0 Å². The molecule has 0 aliphatic rings. The zero-order valence-corrected chi connectivity index (χ0v) is 10.6. The van der Waals surface area contributed by atoms with Crippen LogP contribution in [0.4, 0.5) is 4.39 Å². The second-order valence-electron chi connectivity index (χ2n) is 4.22.